The van der Waals surface area contributed by atoms with Crippen LogP contribution in [0.4, 0.5) is 0 Å². The Hall–Kier alpha value is -0.0800. The Labute approximate surface area is 98.7 Å². The predicted molar refractivity (Wildman–Crippen MR) is 63.4 cm³/mol. The Balaban J connectivity index is 1.28. The topological polar surface area (TPSA) is 18.5 Å². The highest BCUT2D eigenvalue weighted by molar-refractivity contribution is 4.78. The maximum Gasteiger partial charge on any atom is 0.0577 e. The van der Waals surface area contributed by atoms with Crippen LogP contribution in [-0.2, 0) is 9.47 Å². The lowest BCUT2D eigenvalue weighted by molar-refractivity contribution is -0.0361. The van der Waals surface area contributed by atoms with Crippen LogP contribution in [0.2, 0.25) is 0 Å². The van der Waals surface area contributed by atoms with Crippen LogP contribution in [0.5, 0.6) is 0 Å². The van der Waals surface area contributed by atoms with Crippen LogP contribution < -0.4 is 0 Å². The van der Waals surface area contributed by atoms with E-state index in [1.165, 1.54) is 51.4 Å². The summed E-state index contributed by atoms with van der Waals surface area (Å²) in [6.45, 7) is 2.05. The van der Waals surface area contributed by atoms with E-state index in [4.69, 9.17) is 9.47 Å². The van der Waals surface area contributed by atoms with E-state index in [2.05, 4.69) is 0 Å². The molecule has 3 fully saturated rings. The molecule has 0 N–H and O–H groups in total. The summed E-state index contributed by atoms with van der Waals surface area (Å²) in [7, 11) is 0. The summed E-state index contributed by atoms with van der Waals surface area (Å²) in [6.07, 6.45) is 11.6. The quantitative estimate of drug-likeness (QED) is 0.690. The zero-order valence-corrected chi connectivity index (χ0v) is 10.2. The number of hydrogen-bond acceptors (Lipinski definition) is 2. The highest BCUT2D eigenvalue weighted by Crippen LogP contribution is 2.33. The molecule has 2 nitrogen and oxygen atoms in total. The van der Waals surface area contributed by atoms with Gasteiger partial charge in [0.1, 0.15) is 0 Å². The monoisotopic (exact) mass is 224 g/mol. The minimum absolute atomic E-state index is 0.543. The zero-order chi connectivity index (χ0) is 10.8. The van der Waals surface area contributed by atoms with Crippen molar-refractivity contribution in [2.75, 3.05) is 13.2 Å². The SMILES string of the molecule is C1CC1COC1CCC(OCC2CC2)CC1. The fourth-order valence-corrected chi connectivity index (χ4v) is 2.48. The molecular weight excluding hydrogens is 200 g/mol. The average Bonchev–Trinajstić information content (AvgIpc) is 3.17. The minimum Gasteiger partial charge on any atom is -0.378 e. The molecule has 3 aliphatic rings. The maximum atomic E-state index is 5.94. The minimum atomic E-state index is 0.543. The highest BCUT2D eigenvalue weighted by atomic mass is 16.5. The van der Waals surface area contributed by atoms with Gasteiger partial charge in [0.15, 0.2) is 0 Å². The molecule has 16 heavy (non-hydrogen) atoms. The molecule has 0 saturated heterocycles. The van der Waals surface area contributed by atoms with Gasteiger partial charge in [0.2, 0.25) is 0 Å². The van der Waals surface area contributed by atoms with Crippen LogP contribution in [0, 0.1) is 11.8 Å². The first-order chi connectivity index (χ1) is 7.90. The van der Waals surface area contributed by atoms with Gasteiger partial charge in [-0.25, -0.2) is 0 Å². The number of rotatable bonds is 6. The van der Waals surface area contributed by atoms with Crippen LogP contribution in [0.15, 0.2) is 0 Å². The molecule has 0 spiro atoms. The highest BCUT2D eigenvalue weighted by Gasteiger charge is 2.28. The molecule has 0 heterocycles. The lowest BCUT2D eigenvalue weighted by atomic mass is 9.95. The Bertz CT molecular complexity index is 189. The van der Waals surface area contributed by atoms with Crippen molar-refractivity contribution in [1.82, 2.24) is 0 Å². The van der Waals surface area contributed by atoms with E-state index < -0.39 is 0 Å². The van der Waals surface area contributed by atoms with Crippen molar-refractivity contribution < 1.29 is 9.47 Å². The smallest absolute Gasteiger partial charge is 0.0577 e. The molecule has 92 valence electrons. The summed E-state index contributed by atoms with van der Waals surface area (Å²) < 4.78 is 11.9. The predicted octanol–water partition coefficient (Wildman–Crippen LogP) is 3.15. The first kappa shape index (κ1) is 11.0. The molecule has 0 aromatic rings. The normalized spacial score (nSPS) is 35.2. The summed E-state index contributed by atoms with van der Waals surface area (Å²) >= 11 is 0. The molecule has 0 atom stereocenters. The first-order valence-electron chi connectivity index (χ1n) is 7.13. The average molecular weight is 224 g/mol. The third-order valence-electron chi connectivity index (χ3n) is 4.15. The van der Waals surface area contributed by atoms with E-state index in [1.54, 1.807) is 0 Å². The van der Waals surface area contributed by atoms with E-state index in [9.17, 15) is 0 Å². The standard InChI is InChI=1S/C14H24O2/c1-2-11(1)9-15-13-5-7-14(8-6-13)16-10-12-3-4-12/h11-14H,1-10H2. The molecule has 3 saturated carbocycles. The van der Waals surface area contributed by atoms with Crippen LogP contribution in [0.3, 0.4) is 0 Å². The van der Waals surface area contributed by atoms with E-state index in [0.29, 0.717) is 12.2 Å². The lowest BCUT2D eigenvalue weighted by Crippen LogP contribution is -2.27. The lowest BCUT2D eigenvalue weighted by Gasteiger charge is -2.28. The summed E-state index contributed by atoms with van der Waals surface area (Å²) in [5.41, 5.74) is 0. The maximum absolute atomic E-state index is 5.94. The van der Waals surface area contributed by atoms with Crippen molar-refractivity contribution in [2.24, 2.45) is 11.8 Å². The van der Waals surface area contributed by atoms with E-state index in [1.807, 2.05) is 0 Å². The molecule has 0 amide bonds. The molecule has 2 heteroatoms. The Morgan fingerprint density at radius 1 is 0.562 bits per heavy atom. The summed E-state index contributed by atoms with van der Waals surface area (Å²) in [5, 5.41) is 0. The molecule has 3 rings (SSSR count). The van der Waals surface area contributed by atoms with Crippen LogP contribution in [-0.4, -0.2) is 25.4 Å². The van der Waals surface area contributed by atoms with Gasteiger partial charge in [0.05, 0.1) is 12.2 Å². The van der Waals surface area contributed by atoms with Crippen molar-refractivity contribution in [3.63, 3.8) is 0 Å². The van der Waals surface area contributed by atoms with Gasteiger partial charge in [0, 0.05) is 13.2 Å². The Morgan fingerprint density at radius 2 is 0.938 bits per heavy atom. The Morgan fingerprint density at radius 3 is 1.25 bits per heavy atom. The zero-order valence-electron chi connectivity index (χ0n) is 10.2. The van der Waals surface area contributed by atoms with Gasteiger partial charge >= 0.3 is 0 Å². The molecule has 3 aliphatic carbocycles. The van der Waals surface area contributed by atoms with E-state index in [-0.39, 0.29) is 0 Å². The molecule has 0 unspecified atom stereocenters. The third kappa shape index (κ3) is 3.46. The fourth-order valence-electron chi connectivity index (χ4n) is 2.48. The molecule has 0 radical (unpaired) electrons. The van der Waals surface area contributed by atoms with Gasteiger partial charge in [-0.15, -0.1) is 0 Å². The van der Waals surface area contributed by atoms with Gasteiger partial charge in [-0.2, -0.15) is 0 Å². The largest absolute Gasteiger partial charge is 0.378 e. The number of hydrogen-bond donors (Lipinski definition) is 0. The summed E-state index contributed by atoms with van der Waals surface area (Å²) in [4.78, 5) is 0. The van der Waals surface area contributed by atoms with Crippen LogP contribution in [0.1, 0.15) is 51.4 Å². The fraction of sp³-hybridized carbons (Fsp3) is 1.00. The second kappa shape index (κ2) is 5.05. The van der Waals surface area contributed by atoms with Gasteiger partial charge in [-0.1, -0.05) is 0 Å². The van der Waals surface area contributed by atoms with Gasteiger partial charge in [0.25, 0.3) is 0 Å². The van der Waals surface area contributed by atoms with Crippen molar-refractivity contribution in [1.29, 1.82) is 0 Å². The van der Waals surface area contributed by atoms with E-state index in [0.717, 1.165) is 25.0 Å². The molecule has 0 bridgehead atoms. The molecular formula is C14H24O2. The van der Waals surface area contributed by atoms with Crippen molar-refractivity contribution in [3.8, 4) is 0 Å². The molecule has 0 aromatic heterocycles. The molecule has 0 aliphatic heterocycles. The third-order valence-corrected chi connectivity index (χ3v) is 4.15. The summed E-state index contributed by atoms with van der Waals surface area (Å²) in [6, 6.07) is 0. The van der Waals surface area contributed by atoms with E-state index >= 15 is 0 Å². The Kier molecular flexibility index (Phi) is 3.49. The van der Waals surface area contributed by atoms with Gasteiger partial charge < -0.3 is 9.47 Å². The molecule has 0 aromatic carbocycles. The van der Waals surface area contributed by atoms with Gasteiger partial charge in [-0.05, 0) is 63.2 Å². The van der Waals surface area contributed by atoms with Crippen molar-refractivity contribution >= 4 is 0 Å². The second-order valence-electron chi connectivity index (χ2n) is 5.95. The first-order valence-corrected chi connectivity index (χ1v) is 7.13. The van der Waals surface area contributed by atoms with Crippen molar-refractivity contribution in [3.05, 3.63) is 0 Å². The van der Waals surface area contributed by atoms with Crippen LogP contribution >= 0.6 is 0 Å². The van der Waals surface area contributed by atoms with Crippen molar-refractivity contribution in [2.45, 2.75) is 63.6 Å². The number of ether oxygens (including phenoxy) is 2. The second-order valence-corrected chi connectivity index (χ2v) is 5.95. The van der Waals surface area contributed by atoms with Crippen LogP contribution in [0.25, 0.3) is 0 Å². The van der Waals surface area contributed by atoms with Gasteiger partial charge in [-0.3, -0.25) is 0 Å². The summed E-state index contributed by atoms with van der Waals surface area (Å²) in [5.74, 6) is 1.81.